The van der Waals surface area contributed by atoms with Gasteiger partial charge in [0, 0.05) is 11.7 Å². The largest absolute Gasteiger partial charge is 0.397 e. The minimum Gasteiger partial charge on any atom is -0.326 e. The van der Waals surface area contributed by atoms with E-state index in [1.165, 1.54) is 6.07 Å². The zero-order valence-corrected chi connectivity index (χ0v) is 9.21. The van der Waals surface area contributed by atoms with Crippen molar-refractivity contribution >= 4 is 11.6 Å². The predicted molar refractivity (Wildman–Crippen MR) is 58.3 cm³/mol. The summed E-state index contributed by atoms with van der Waals surface area (Å²) in [4.78, 5) is 11.0. The van der Waals surface area contributed by atoms with E-state index in [9.17, 15) is 18.0 Å². The molecule has 0 aliphatic carbocycles. The SMILES string of the molecule is CC(N)c1cccc(NC(=O)CC(F)(F)F)c1. The third-order valence-electron chi connectivity index (χ3n) is 2.06. The van der Waals surface area contributed by atoms with Crippen molar-refractivity contribution in [2.75, 3.05) is 5.32 Å². The molecule has 17 heavy (non-hydrogen) atoms. The molecule has 0 heterocycles. The first kappa shape index (κ1) is 13.5. The highest BCUT2D eigenvalue weighted by atomic mass is 19.4. The standard InChI is InChI=1S/C11H13F3N2O/c1-7(15)8-3-2-4-9(5-8)16-10(17)6-11(12,13)14/h2-5,7H,6,15H2,1H3,(H,16,17). The number of carbonyl (C=O) groups excluding carboxylic acids is 1. The number of anilines is 1. The van der Waals surface area contributed by atoms with E-state index in [0.717, 1.165) is 5.56 Å². The van der Waals surface area contributed by atoms with Crippen LogP contribution in [0.5, 0.6) is 0 Å². The molecule has 1 rings (SSSR count). The van der Waals surface area contributed by atoms with Gasteiger partial charge in [-0.1, -0.05) is 12.1 Å². The second-order valence-corrected chi connectivity index (χ2v) is 3.75. The van der Waals surface area contributed by atoms with E-state index in [2.05, 4.69) is 5.32 Å². The van der Waals surface area contributed by atoms with Crippen LogP contribution in [0.15, 0.2) is 24.3 Å². The van der Waals surface area contributed by atoms with Crippen LogP contribution in [0.3, 0.4) is 0 Å². The molecule has 1 atom stereocenters. The van der Waals surface area contributed by atoms with Gasteiger partial charge in [0.1, 0.15) is 6.42 Å². The zero-order valence-electron chi connectivity index (χ0n) is 9.21. The molecular weight excluding hydrogens is 233 g/mol. The van der Waals surface area contributed by atoms with E-state index in [-0.39, 0.29) is 6.04 Å². The Labute approximate surface area is 96.8 Å². The Balaban J connectivity index is 2.69. The lowest BCUT2D eigenvalue weighted by atomic mass is 10.1. The molecule has 3 nitrogen and oxygen atoms in total. The predicted octanol–water partition coefficient (Wildman–Crippen LogP) is 2.60. The average molecular weight is 246 g/mol. The summed E-state index contributed by atoms with van der Waals surface area (Å²) in [7, 11) is 0. The smallest absolute Gasteiger partial charge is 0.326 e. The van der Waals surface area contributed by atoms with Crippen LogP contribution in [0.2, 0.25) is 0 Å². The molecule has 1 aromatic carbocycles. The third kappa shape index (κ3) is 4.86. The Morgan fingerprint density at radius 2 is 2.12 bits per heavy atom. The number of halogens is 3. The van der Waals surface area contributed by atoms with Crippen LogP contribution in [0, 0.1) is 0 Å². The summed E-state index contributed by atoms with van der Waals surface area (Å²) in [6.07, 6.45) is -5.99. The summed E-state index contributed by atoms with van der Waals surface area (Å²) >= 11 is 0. The van der Waals surface area contributed by atoms with Crippen LogP contribution in [0.1, 0.15) is 24.9 Å². The molecule has 0 spiro atoms. The van der Waals surface area contributed by atoms with Crippen molar-refractivity contribution in [2.45, 2.75) is 25.6 Å². The molecule has 0 saturated heterocycles. The third-order valence-corrected chi connectivity index (χ3v) is 2.06. The number of benzene rings is 1. The van der Waals surface area contributed by atoms with Crippen molar-refractivity contribution in [1.29, 1.82) is 0 Å². The summed E-state index contributed by atoms with van der Waals surface area (Å²) in [5.74, 6) is -1.08. The van der Waals surface area contributed by atoms with Crippen molar-refractivity contribution in [3.05, 3.63) is 29.8 Å². The van der Waals surface area contributed by atoms with Gasteiger partial charge in [-0.15, -0.1) is 0 Å². The van der Waals surface area contributed by atoms with Gasteiger partial charge in [-0.2, -0.15) is 13.2 Å². The Bertz CT molecular complexity index is 402. The highest BCUT2D eigenvalue weighted by Crippen LogP contribution is 2.21. The van der Waals surface area contributed by atoms with Gasteiger partial charge in [0.05, 0.1) is 0 Å². The molecular formula is C11H13F3N2O. The number of nitrogens with one attached hydrogen (secondary N) is 1. The van der Waals surface area contributed by atoms with Crippen LogP contribution in [-0.4, -0.2) is 12.1 Å². The molecule has 1 unspecified atom stereocenters. The highest BCUT2D eigenvalue weighted by molar-refractivity contribution is 5.91. The number of hydrogen-bond donors (Lipinski definition) is 2. The average Bonchev–Trinajstić information content (AvgIpc) is 2.14. The molecule has 1 aromatic rings. The quantitative estimate of drug-likeness (QED) is 0.861. The monoisotopic (exact) mass is 246 g/mol. The lowest BCUT2D eigenvalue weighted by molar-refractivity contribution is -0.150. The minimum atomic E-state index is -4.50. The van der Waals surface area contributed by atoms with Gasteiger partial charge in [0.2, 0.25) is 5.91 Å². The maximum atomic E-state index is 11.9. The molecule has 1 amide bonds. The lowest BCUT2D eigenvalue weighted by Crippen LogP contribution is -2.21. The summed E-state index contributed by atoms with van der Waals surface area (Å²) in [6, 6.07) is 6.19. The first-order chi connectivity index (χ1) is 7.78. The molecule has 0 bridgehead atoms. The van der Waals surface area contributed by atoms with Crippen LogP contribution in [0.4, 0.5) is 18.9 Å². The Hall–Kier alpha value is -1.56. The summed E-state index contributed by atoms with van der Waals surface area (Å²) < 4.78 is 35.8. The first-order valence-corrected chi connectivity index (χ1v) is 5.00. The molecule has 0 aliphatic rings. The van der Waals surface area contributed by atoms with Gasteiger partial charge < -0.3 is 11.1 Å². The van der Waals surface area contributed by atoms with Gasteiger partial charge in [0.15, 0.2) is 0 Å². The Morgan fingerprint density at radius 1 is 1.47 bits per heavy atom. The maximum Gasteiger partial charge on any atom is 0.397 e. The summed E-state index contributed by atoms with van der Waals surface area (Å²) in [6.45, 7) is 1.75. The molecule has 0 aliphatic heterocycles. The Kier molecular flexibility index (Phi) is 4.11. The number of carbonyl (C=O) groups is 1. The number of alkyl halides is 3. The van der Waals surface area contributed by atoms with E-state index in [0.29, 0.717) is 5.69 Å². The number of nitrogens with two attached hydrogens (primary N) is 1. The van der Waals surface area contributed by atoms with E-state index >= 15 is 0 Å². The van der Waals surface area contributed by atoms with Crippen LogP contribution in [-0.2, 0) is 4.79 Å². The van der Waals surface area contributed by atoms with Gasteiger partial charge in [-0.3, -0.25) is 4.79 Å². The molecule has 6 heteroatoms. The number of hydrogen-bond acceptors (Lipinski definition) is 2. The molecule has 3 N–H and O–H groups in total. The molecule has 0 radical (unpaired) electrons. The molecule has 0 saturated carbocycles. The number of amides is 1. The van der Waals surface area contributed by atoms with E-state index < -0.39 is 18.5 Å². The number of rotatable bonds is 3. The van der Waals surface area contributed by atoms with Crippen molar-refractivity contribution in [1.82, 2.24) is 0 Å². The second-order valence-electron chi connectivity index (χ2n) is 3.75. The van der Waals surface area contributed by atoms with Gasteiger partial charge in [-0.05, 0) is 24.6 Å². The van der Waals surface area contributed by atoms with Gasteiger partial charge >= 0.3 is 6.18 Å². The Morgan fingerprint density at radius 3 is 2.65 bits per heavy atom. The second kappa shape index (κ2) is 5.18. The topological polar surface area (TPSA) is 55.1 Å². The van der Waals surface area contributed by atoms with Gasteiger partial charge in [-0.25, -0.2) is 0 Å². The lowest BCUT2D eigenvalue weighted by Gasteiger charge is -2.10. The van der Waals surface area contributed by atoms with Crippen LogP contribution < -0.4 is 11.1 Å². The van der Waals surface area contributed by atoms with Crippen LogP contribution in [0.25, 0.3) is 0 Å². The van der Waals surface area contributed by atoms with E-state index in [4.69, 9.17) is 5.73 Å². The molecule has 0 fully saturated rings. The van der Waals surface area contributed by atoms with Crippen LogP contribution >= 0.6 is 0 Å². The fourth-order valence-electron chi connectivity index (χ4n) is 1.29. The van der Waals surface area contributed by atoms with Crippen molar-refractivity contribution in [2.24, 2.45) is 5.73 Å². The fourth-order valence-corrected chi connectivity index (χ4v) is 1.29. The van der Waals surface area contributed by atoms with E-state index in [1.54, 1.807) is 25.1 Å². The highest BCUT2D eigenvalue weighted by Gasteiger charge is 2.31. The molecule has 94 valence electrons. The van der Waals surface area contributed by atoms with Crippen molar-refractivity contribution < 1.29 is 18.0 Å². The normalized spacial score (nSPS) is 13.2. The fraction of sp³-hybridized carbons (Fsp3) is 0.364. The minimum absolute atomic E-state index is 0.241. The maximum absolute atomic E-state index is 11.9. The summed E-state index contributed by atoms with van der Waals surface area (Å²) in [5.41, 5.74) is 6.68. The molecule has 0 aromatic heterocycles. The summed E-state index contributed by atoms with van der Waals surface area (Å²) in [5, 5.41) is 2.18. The van der Waals surface area contributed by atoms with Gasteiger partial charge in [0.25, 0.3) is 0 Å². The van der Waals surface area contributed by atoms with E-state index in [1.807, 2.05) is 0 Å². The zero-order chi connectivity index (χ0) is 13.1. The first-order valence-electron chi connectivity index (χ1n) is 5.00. The van der Waals surface area contributed by atoms with Crippen molar-refractivity contribution in [3.8, 4) is 0 Å². The van der Waals surface area contributed by atoms with Crippen molar-refractivity contribution in [3.63, 3.8) is 0 Å².